The predicted octanol–water partition coefficient (Wildman–Crippen LogP) is 7.38. The maximum Gasteiger partial charge on any atom is 0.0783 e. The molecule has 0 spiro atoms. The van der Waals surface area contributed by atoms with Gasteiger partial charge in [-0.25, -0.2) is 0 Å². The van der Waals surface area contributed by atoms with Gasteiger partial charge < -0.3 is 0 Å². The van der Waals surface area contributed by atoms with Gasteiger partial charge in [0.05, 0.1) is 11.1 Å². The Kier molecular flexibility index (Phi) is 10.2. The van der Waals surface area contributed by atoms with Crippen LogP contribution in [0, 0.1) is 11.3 Å². The second-order valence-electron chi connectivity index (χ2n) is 8.18. The third-order valence-corrected chi connectivity index (χ3v) is 5.79. The van der Waals surface area contributed by atoms with Crippen molar-refractivity contribution in [3.05, 3.63) is 48.6 Å². The van der Waals surface area contributed by atoms with E-state index in [9.17, 15) is 0 Å². The van der Waals surface area contributed by atoms with Gasteiger partial charge in [0.1, 0.15) is 0 Å². The monoisotopic (exact) mass is 359 g/mol. The molecule has 1 aliphatic rings. The highest BCUT2D eigenvalue weighted by Crippen LogP contribution is 2.31. The molecule has 0 aromatic rings. The van der Waals surface area contributed by atoms with Crippen molar-refractivity contribution in [2.75, 3.05) is 5.75 Å². The lowest BCUT2D eigenvalue weighted by molar-refractivity contribution is 0.539. The van der Waals surface area contributed by atoms with Crippen LogP contribution < -0.4 is 0 Å². The Bertz CT molecular complexity index is 517. The van der Waals surface area contributed by atoms with Crippen LogP contribution in [0.3, 0.4) is 0 Å². The molecule has 0 aromatic carbocycles. The average molecular weight is 360 g/mol. The van der Waals surface area contributed by atoms with Gasteiger partial charge in [-0.2, -0.15) is 0 Å². The molecule has 140 valence electrons. The highest BCUT2D eigenvalue weighted by molar-refractivity contribution is 8.14. The number of allylic oxidation sites excluding steroid dienone is 6. The van der Waals surface area contributed by atoms with Gasteiger partial charge in [-0.15, -0.1) is 18.3 Å². The van der Waals surface area contributed by atoms with E-state index in [0.29, 0.717) is 6.04 Å². The number of rotatable bonds is 10. The molecule has 2 heteroatoms. The molecule has 1 aliphatic heterocycles. The van der Waals surface area contributed by atoms with Crippen molar-refractivity contribution in [2.24, 2.45) is 16.3 Å². The molecule has 0 radical (unpaired) electrons. The summed E-state index contributed by atoms with van der Waals surface area (Å²) in [5.41, 5.74) is 1.67. The second kappa shape index (κ2) is 11.6. The van der Waals surface area contributed by atoms with E-state index in [4.69, 9.17) is 4.99 Å². The fourth-order valence-electron chi connectivity index (χ4n) is 2.63. The lowest BCUT2D eigenvalue weighted by atomic mass is 9.98. The van der Waals surface area contributed by atoms with Gasteiger partial charge in [0.15, 0.2) is 0 Å². The van der Waals surface area contributed by atoms with Crippen LogP contribution in [-0.4, -0.2) is 16.8 Å². The molecule has 0 aliphatic carbocycles. The number of unbranched alkanes of at least 4 members (excludes halogenated alkanes) is 1. The molecular formula is C23H37NS. The van der Waals surface area contributed by atoms with Gasteiger partial charge >= 0.3 is 0 Å². The standard InChI is InChI=1S/C23H37NS/c1-7-13-19(2)16-17-20(3)14-11-9-8-10-12-15-21-18-25-22(24-21)23(4,5)6/h7,9,11-12,14-15,19,21H,1,8,10,13,16-18H2,2-6H3/b11-9+,15-12-,20-14+. The van der Waals surface area contributed by atoms with Crippen molar-refractivity contribution in [2.45, 2.75) is 72.8 Å². The summed E-state index contributed by atoms with van der Waals surface area (Å²) in [5.74, 6) is 1.84. The van der Waals surface area contributed by atoms with Crippen LogP contribution in [0.25, 0.3) is 0 Å². The smallest absolute Gasteiger partial charge is 0.0783 e. The van der Waals surface area contributed by atoms with Gasteiger partial charge in [0.25, 0.3) is 0 Å². The highest BCUT2D eigenvalue weighted by atomic mass is 32.2. The maximum atomic E-state index is 4.82. The molecule has 0 amide bonds. The minimum atomic E-state index is 0.198. The number of hydrogen-bond acceptors (Lipinski definition) is 2. The summed E-state index contributed by atoms with van der Waals surface area (Å²) in [7, 11) is 0. The SMILES string of the molecule is C=CCC(C)CC/C(C)=C/C=C/CC/C=C\C1CSC(C(C)(C)C)=N1. The molecule has 0 aromatic heterocycles. The maximum absolute atomic E-state index is 4.82. The first-order valence-electron chi connectivity index (χ1n) is 9.64. The van der Waals surface area contributed by atoms with Crippen molar-refractivity contribution in [3.63, 3.8) is 0 Å². The molecule has 1 heterocycles. The first-order chi connectivity index (χ1) is 11.8. The Labute approximate surface area is 160 Å². The zero-order valence-corrected chi connectivity index (χ0v) is 17.7. The molecule has 0 saturated carbocycles. The first kappa shape index (κ1) is 22.0. The predicted molar refractivity (Wildman–Crippen MR) is 118 cm³/mol. The van der Waals surface area contributed by atoms with Gasteiger partial charge in [0.2, 0.25) is 0 Å². The first-order valence-corrected chi connectivity index (χ1v) is 10.6. The number of thioether (sulfide) groups is 1. The zero-order chi connectivity index (χ0) is 18.7. The Morgan fingerprint density at radius 3 is 2.68 bits per heavy atom. The van der Waals surface area contributed by atoms with Crippen LogP contribution in [0.5, 0.6) is 0 Å². The Balaban J connectivity index is 2.22. The lowest BCUT2D eigenvalue weighted by Crippen LogP contribution is -2.14. The van der Waals surface area contributed by atoms with Crippen LogP contribution in [0.15, 0.2) is 53.6 Å². The van der Waals surface area contributed by atoms with E-state index < -0.39 is 0 Å². The molecule has 25 heavy (non-hydrogen) atoms. The fourth-order valence-corrected chi connectivity index (χ4v) is 3.79. The van der Waals surface area contributed by atoms with E-state index in [1.54, 1.807) is 0 Å². The lowest BCUT2D eigenvalue weighted by Gasteiger charge is -2.16. The van der Waals surface area contributed by atoms with E-state index in [-0.39, 0.29) is 5.41 Å². The van der Waals surface area contributed by atoms with E-state index >= 15 is 0 Å². The highest BCUT2D eigenvalue weighted by Gasteiger charge is 2.25. The third-order valence-electron chi connectivity index (χ3n) is 4.29. The quantitative estimate of drug-likeness (QED) is 0.225. The van der Waals surface area contributed by atoms with Gasteiger partial charge in [-0.05, 0) is 44.9 Å². The van der Waals surface area contributed by atoms with Gasteiger partial charge in [-0.1, -0.05) is 69.7 Å². The molecule has 1 nitrogen and oxygen atoms in total. The summed E-state index contributed by atoms with van der Waals surface area (Å²) < 4.78 is 0. The largest absolute Gasteiger partial charge is 0.274 e. The van der Waals surface area contributed by atoms with Crippen LogP contribution in [0.1, 0.15) is 66.7 Å². The molecule has 0 bridgehead atoms. The molecule has 0 saturated heterocycles. The summed E-state index contributed by atoms with van der Waals surface area (Å²) in [6, 6.07) is 0.378. The summed E-state index contributed by atoms with van der Waals surface area (Å²) in [4.78, 5) is 4.82. The molecular weight excluding hydrogens is 322 g/mol. The van der Waals surface area contributed by atoms with Gasteiger partial charge in [0, 0.05) is 11.2 Å². The molecule has 2 unspecified atom stereocenters. The van der Waals surface area contributed by atoms with Crippen molar-refractivity contribution in [1.29, 1.82) is 0 Å². The van der Waals surface area contributed by atoms with Crippen LogP contribution >= 0.6 is 11.8 Å². The van der Waals surface area contributed by atoms with Crippen molar-refractivity contribution >= 4 is 16.8 Å². The number of hydrogen-bond donors (Lipinski definition) is 0. The average Bonchev–Trinajstić information content (AvgIpc) is 3.01. The molecule has 1 rings (SSSR count). The van der Waals surface area contributed by atoms with E-state index in [1.165, 1.54) is 23.5 Å². The minimum Gasteiger partial charge on any atom is -0.274 e. The van der Waals surface area contributed by atoms with Crippen LogP contribution in [-0.2, 0) is 0 Å². The Hall–Kier alpha value is -1.02. The Morgan fingerprint density at radius 1 is 1.32 bits per heavy atom. The van der Waals surface area contributed by atoms with Crippen molar-refractivity contribution in [1.82, 2.24) is 0 Å². The summed E-state index contributed by atoms with van der Waals surface area (Å²) in [6.07, 6.45) is 19.1. The zero-order valence-electron chi connectivity index (χ0n) is 16.9. The Morgan fingerprint density at radius 2 is 2.04 bits per heavy atom. The van der Waals surface area contributed by atoms with Crippen LogP contribution in [0.2, 0.25) is 0 Å². The summed E-state index contributed by atoms with van der Waals surface area (Å²) in [5, 5.41) is 1.30. The number of nitrogens with zero attached hydrogens (tertiary/aromatic N) is 1. The fraction of sp³-hybridized carbons (Fsp3) is 0.609. The summed E-state index contributed by atoms with van der Waals surface area (Å²) in [6.45, 7) is 15.1. The molecule has 2 atom stereocenters. The molecule has 0 fully saturated rings. The van der Waals surface area contributed by atoms with Crippen LogP contribution in [0.4, 0.5) is 0 Å². The minimum absolute atomic E-state index is 0.198. The van der Waals surface area contributed by atoms with E-state index in [0.717, 1.165) is 30.9 Å². The van der Waals surface area contributed by atoms with E-state index in [2.05, 4.69) is 71.6 Å². The third kappa shape index (κ3) is 9.89. The topological polar surface area (TPSA) is 12.4 Å². The van der Waals surface area contributed by atoms with E-state index in [1.807, 2.05) is 17.8 Å². The summed E-state index contributed by atoms with van der Waals surface area (Å²) >= 11 is 1.91. The molecule has 0 N–H and O–H groups in total. The van der Waals surface area contributed by atoms with Crippen molar-refractivity contribution in [3.8, 4) is 0 Å². The normalized spacial score (nSPS) is 20.4. The van der Waals surface area contributed by atoms with Crippen molar-refractivity contribution < 1.29 is 0 Å². The second-order valence-corrected chi connectivity index (χ2v) is 9.19. The van der Waals surface area contributed by atoms with Gasteiger partial charge in [-0.3, -0.25) is 4.99 Å². The number of aliphatic imine (C=N–C) groups is 1.